The molecule has 1 aliphatic rings. The van der Waals surface area contributed by atoms with Gasteiger partial charge in [0.2, 0.25) is 5.54 Å². The molecule has 0 saturated carbocycles. The zero-order chi connectivity index (χ0) is 9.24. The number of hydrogen-bond acceptors (Lipinski definition) is 2. The van der Waals surface area contributed by atoms with Gasteiger partial charge in [-0.1, -0.05) is 6.08 Å². The fraction of sp³-hybridized carbons (Fsp3) is 0.286. The van der Waals surface area contributed by atoms with E-state index in [4.69, 9.17) is 0 Å². The lowest BCUT2D eigenvalue weighted by Gasteiger charge is -2.28. The fourth-order valence-corrected chi connectivity index (χ4v) is 0.813. The van der Waals surface area contributed by atoms with Gasteiger partial charge in [-0.25, -0.2) is 0 Å². The number of aldehydes is 1. The molecule has 0 spiro atoms. The molecule has 1 unspecified atom stereocenters. The number of carbonyl (C=O) groups excluding carboxylic acids is 1. The first-order chi connectivity index (χ1) is 5.52. The number of nitrogens with one attached hydrogen (secondary N) is 1. The van der Waals surface area contributed by atoms with E-state index in [1.54, 1.807) is 0 Å². The first-order valence-corrected chi connectivity index (χ1v) is 3.17. The van der Waals surface area contributed by atoms with E-state index < -0.39 is 11.7 Å². The van der Waals surface area contributed by atoms with Gasteiger partial charge in [0.05, 0.1) is 0 Å². The van der Waals surface area contributed by atoms with Crippen LogP contribution in [0.2, 0.25) is 0 Å². The number of alkyl halides is 3. The third-order valence-electron chi connectivity index (χ3n) is 1.54. The predicted molar refractivity (Wildman–Crippen MR) is 36.3 cm³/mol. The van der Waals surface area contributed by atoms with E-state index in [-0.39, 0.29) is 6.29 Å². The van der Waals surface area contributed by atoms with Crippen molar-refractivity contribution in [1.82, 2.24) is 5.32 Å². The molecule has 0 aromatic carbocycles. The Morgan fingerprint density at radius 2 is 2.00 bits per heavy atom. The Kier molecular flexibility index (Phi) is 1.95. The van der Waals surface area contributed by atoms with E-state index in [1.165, 1.54) is 12.2 Å². The monoisotopic (exact) mass is 177 g/mol. The van der Waals surface area contributed by atoms with Crippen molar-refractivity contribution in [3.05, 3.63) is 24.4 Å². The Morgan fingerprint density at radius 3 is 2.25 bits per heavy atom. The molecule has 1 aliphatic heterocycles. The smallest absolute Gasteiger partial charge is 0.369 e. The Labute approximate surface area is 66.8 Å². The molecule has 0 aromatic heterocycles. The van der Waals surface area contributed by atoms with E-state index in [9.17, 15) is 18.0 Å². The summed E-state index contributed by atoms with van der Waals surface area (Å²) in [4.78, 5) is 10.3. The third kappa shape index (κ3) is 1.22. The molecule has 12 heavy (non-hydrogen) atoms. The standard InChI is InChI=1S/C7H6F3NO/c8-7(9,10)6(5-12)3-1-2-4-11-6/h1-5,11H. The second kappa shape index (κ2) is 2.66. The lowest BCUT2D eigenvalue weighted by molar-refractivity contribution is -0.177. The molecule has 0 fully saturated rings. The molecule has 0 amide bonds. The van der Waals surface area contributed by atoms with Crippen molar-refractivity contribution in [2.24, 2.45) is 0 Å². The molecule has 1 atom stereocenters. The highest BCUT2D eigenvalue weighted by Crippen LogP contribution is 2.31. The maximum Gasteiger partial charge on any atom is 0.422 e. The molecule has 1 N–H and O–H groups in total. The van der Waals surface area contributed by atoms with Gasteiger partial charge in [0.15, 0.2) is 6.29 Å². The van der Waals surface area contributed by atoms with Crippen molar-refractivity contribution >= 4 is 6.29 Å². The Hall–Kier alpha value is -1.26. The minimum Gasteiger partial charge on any atom is -0.369 e. The molecule has 1 rings (SSSR count). The zero-order valence-corrected chi connectivity index (χ0v) is 5.93. The van der Waals surface area contributed by atoms with Crippen LogP contribution in [0.3, 0.4) is 0 Å². The third-order valence-corrected chi connectivity index (χ3v) is 1.54. The topological polar surface area (TPSA) is 29.1 Å². The van der Waals surface area contributed by atoms with Crippen LogP contribution >= 0.6 is 0 Å². The van der Waals surface area contributed by atoms with Gasteiger partial charge in [-0.3, -0.25) is 4.79 Å². The van der Waals surface area contributed by atoms with Gasteiger partial charge in [0.25, 0.3) is 0 Å². The second-order valence-corrected chi connectivity index (χ2v) is 2.35. The largest absolute Gasteiger partial charge is 0.422 e. The molecule has 0 saturated heterocycles. The minimum atomic E-state index is -4.60. The molecule has 1 heterocycles. The van der Waals surface area contributed by atoms with Gasteiger partial charge in [-0.15, -0.1) is 0 Å². The van der Waals surface area contributed by atoms with Gasteiger partial charge < -0.3 is 5.32 Å². The Bertz CT molecular complexity index is 244. The summed E-state index contributed by atoms with van der Waals surface area (Å²) in [6.45, 7) is 0. The lowest BCUT2D eigenvalue weighted by Crippen LogP contribution is -2.55. The van der Waals surface area contributed by atoms with E-state index in [0.717, 1.165) is 12.3 Å². The zero-order valence-electron chi connectivity index (χ0n) is 5.93. The van der Waals surface area contributed by atoms with Crippen LogP contribution in [0.1, 0.15) is 0 Å². The van der Waals surface area contributed by atoms with E-state index >= 15 is 0 Å². The van der Waals surface area contributed by atoms with Crippen LogP contribution in [-0.2, 0) is 4.79 Å². The number of rotatable bonds is 1. The summed E-state index contributed by atoms with van der Waals surface area (Å²) in [7, 11) is 0. The molecule has 66 valence electrons. The van der Waals surface area contributed by atoms with Crippen LogP contribution in [0, 0.1) is 0 Å². The number of halogens is 3. The molecule has 0 aliphatic carbocycles. The van der Waals surface area contributed by atoms with Crippen LogP contribution < -0.4 is 5.32 Å². The summed E-state index contributed by atoms with van der Waals surface area (Å²) in [5, 5.41) is 1.96. The van der Waals surface area contributed by atoms with Gasteiger partial charge in [0, 0.05) is 0 Å². The van der Waals surface area contributed by atoms with Crippen molar-refractivity contribution in [2.45, 2.75) is 11.7 Å². The van der Waals surface area contributed by atoms with Gasteiger partial charge in [-0.2, -0.15) is 13.2 Å². The van der Waals surface area contributed by atoms with Crippen molar-refractivity contribution in [3.63, 3.8) is 0 Å². The molecular weight excluding hydrogens is 171 g/mol. The average molecular weight is 177 g/mol. The normalized spacial score (nSPS) is 28.2. The SMILES string of the molecule is O=CC1(C(F)(F)F)C=CC=CN1. The first kappa shape index (κ1) is 8.83. The van der Waals surface area contributed by atoms with Crippen LogP contribution in [0.4, 0.5) is 13.2 Å². The molecule has 2 nitrogen and oxygen atoms in total. The second-order valence-electron chi connectivity index (χ2n) is 2.35. The summed E-state index contributed by atoms with van der Waals surface area (Å²) < 4.78 is 36.7. The first-order valence-electron chi connectivity index (χ1n) is 3.17. The predicted octanol–water partition coefficient (Wildman–Crippen LogP) is 1.16. The Balaban J connectivity index is 2.99. The van der Waals surface area contributed by atoms with Crippen molar-refractivity contribution in [2.75, 3.05) is 0 Å². The maximum atomic E-state index is 12.2. The minimum absolute atomic E-state index is 0.160. The van der Waals surface area contributed by atoms with Crippen molar-refractivity contribution in [1.29, 1.82) is 0 Å². The molecule has 0 bridgehead atoms. The summed E-state index contributed by atoms with van der Waals surface area (Å²) >= 11 is 0. The van der Waals surface area contributed by atoms with E-state index in [2.05, 4.69) is 0 Å². The van der Waals surface area contributed by atoms with Crippen LogP contribution in [0.25, 0.3) is 0 Å². The number of carbonyl (C=O) groups is 1. The van der Waals surface area contributed by atoms with Gasteiger partial charge >= 0.3 is 6.18 Å². The molecule has 0 aromatic rings. The molecular formula is C7H6F3NO. The van der Waals surface area contributed by atoms with Crippen LogP contribution in [0.5, 0.6) is 0 Å². The highest BCUT2D eigenvalue weighted by atomic mass is 19.4. The van der Waals surface area contributed by atoms with E-state index in [1.807, 2.05) is 5.32 Å². The highest BCUT2D eigenvalue weighted by Gasteiger charge is 2.53. The van der Waals surface area contributed by atoms with E-state index in [0.29, 0.717) is 0 Å². The quantitative estimate of drug-likeness (QED) is 0.609. The summed E-state index contributed by atoms with van der Waals surface area (Å²) in [5.41, 5.74) is -2.54. The van der Waals surface area contributed by atoms with Crippen LogP contribution in [0.15, 0.2) is 24.4 Å². The number of allylic oxidation sites excluding steroid dienone is 2. The van der Waals surface area contributed by atoms with Crippen LogP contribution in [-0.4, -0.2) is 18.0 Å². The maximum absolute atomic E-state index is 12.2. The molecule has 0 radical (unpaired) electrons. The summed E-state index contributed by atoms with van der Waals surface area (Å²) in [6.07, 6.45) is -0.337. The molecule has 5 heteroatoms. The van der Waals surface area contributed by atoms with Gasteiger partial charge in [0.1, 0.15) is 0 Å². The number of dihydropyridines is 1. The van der Waals surface area contributed by atoms with Gasteiger partial charge in [-0.05, 0) is 18.4 Å². The fourth-order valence-electron chi connectivity index (χ4n) is 0.813. The van der Waals surface area contributed by atoms with Crippen molar-refractivity contribution < 1.29 is 18.0 Å². The lowest BCUT2D eigenvalue weighted by atomic mass is 9.99. The average Bonchev–Trinajstić information content (AvgIpc) is 2.04. The number of hydrogen-bond donors (Lipinski definition) is 1. The summed E-state index contributed by atoms with van der Waals surface area (Å²) in [5.74, 6) is 0. The highest BCUT2D eigenvalue weighted by molar-refractivity contribution is 5.70. The Morgan fingerprint density at radius 1 is 1.33 bits per heavy atom. The summed E-state index contributed by atoms with van der Waals surface area (Å²) in [6, 6.07) is 0. The van der Waals surface area contributed by atoms with Crippen molar-refractivity contribution in [3.8, 4) is 0 Å².